The molecule has 0 aliphatic carbocycles. The first kappa shape index (κ1) is 25.2. The van der Waals surface area contributed by atoms with Gasteiger partial charge in [0.1, 0.15) is 11.6 Å². The molecule has 0 saturated heterocycles. The number of hydrogen-bond acceptors (Lipinski definition) is 8. The molecule has 3 N–H and O–H groups in total. The summed E-state index contributed by atoms with van der Waals surface area (Å²) in [7, 11) is -3.82. The minimum Gasteiger partial charge on any atom is -0.352 e. The summed E-state index contributed by atoms with van der Waals surface area (Å²) in [4.78, 5) is 25.2. The van der Waals surface area contributed by atoms with Crippen molar-refractivity contribution in [2.45, 2.75) is 18.2 Å². The molecule has 194 valence electrons. The third kappa shape index (κ3) is 5.16. The monoisotopic (exact) mass is 536 g/mol. The van der Waals surface area contributed by atoms with Gasteiger partial charge in [0, 0.05) is 42.0 Å². The zero-order valence-electron chi connectivity index (χ0n) is 20.3. The second-order valence-corrected chi connectivity index (χ2v) is 10.8. The number of pyridine rings is 1. The van der Waals surface area contributed by atoms with E-state index in [1.165, 1.54) is 30.5 Å². The lowest BCUT2D eigenvalue weighted by atomic mass is 10.0. The number of fused-ring (bicyclic) bond motifs is 5. The first-order valence-electron chi connectivity index (χ1n) is 11.5. The van der Waals surface area contributed by atoms with Gasteiger partial charge < -0.3 is 16.0 Å². The molecular weight excluding hydrogens is 514 g/mol. The Kier molecular flexibility index (Phi) is 6.49. The molecule has 0 spiro atoms. The van der Waals surface area contributed by atoms with Crippen LogP contribution in [0.1, 0.15) is 21.5 Å². The van der Waals surface area contributed by atoms with Crippen LogP contribution in [0.2, 0.25) is 0 Å². The summed E-state index contributed by atoms with van der Waals surface area (Å²) in [5.74, 6) is -1.39. The summed E-state index contributed by atoms with van der Waals surface area (Å²) in [6.07, 6.45) is 3.96. The lowest BCUT2D eigenvalue weighted by Gasteiger charge is -2.13. The SMILES string of the molecule is Cc1cnc2nc1Nc1ccc(F)c(c1)CCNC(=O)c1ccc(cc1S(C)(=O)=O)-c1cnc(F)c(c1)N2. The summed E-state index contributed by atoms with van der Waals surface area (Å²) in [6, 6.07) is 10.1. The number of halogens is 2. The molecule has 2 aliphatic rings. The van der Waals surface area contributed by atoms with Crippen LogP contribution in [0, 0.1) is 18.7 Å². The number of nitrogens with one attached hydrogen (secondary N) is 3. The Morgan fingerprint density at radius 3 is 2.55 bits per heavy atom. The van der Waals surface area contributed by atoms with Gasteiger partial charge in [-0.25, -0.2) is 22.8 Å². The smallest absolute Gasteiger partial charge is 0.252 e. The number of anilines is 4. The zero-order valence-corrected chi connectivity index (χ0v) is 21.2. The third-order valence-corrected chi connectivity index (χ3v) is 7.14. The largest absolute Gasteiger partial charge is 0.352 e. The van der Waals surface area contributed by atoms with Crippen LogP contribution >= 0.6 is 0 Å². The molecule has 4 aromatic rings. The first-order chi connectivity index (χ1) is 18.1. The van der Waals surface area contributed by atoms with Crippen LogP contribution in [0.5, 0.6) is 0 Å². The average molecular weight is 537 g/mol. The van der Waals surface area contributed by atoms with Crippen molar-refractivity contribution in [2.75, 3.05) is 23.4 Å². The molecule has 9 nitrogen and oxygen atoms in total. The van der Waals surface area contributed by atoms with E-state index >= 15 is 0 Å². The van der Waals surface area contributed by atoms with Gasteiger partial charge >= 0.3 is 0 Å². The van der Waals surface area contributed by atoms with Gasteiger partial charge in [-0.3, -0.25) is 4.79 Å². The van der Waals surface area contributed by atoms with Crippen LogP contribution in [0.3, 0.4) is 0 Å². The number of aromatic nitrogens is 3. The van der Waals surface area contributed by atoms with Gasteiger partial charge in [-0.2, -0.15) is 9.37 Å². The van der Waals surface area contributed by atoms with Crippen LogP contribution in [0.4, 0.5) is 31.9 Å². The molecule has 0 saturated carbocycles. The fourth-order valence-electron chi connectivity index (χ4n) is 4.03. The zero-order chi connectivity index (χ0) is 27.0. The molecule has 2 aliphatic heterocycles. The summed E-state index contributed by atoms with van der Waals surface area (Å²) >= 11 is 0. The number of carbonyl (C=O) groups is 1. The van der Waals surface area contributed by atoms with Gasteiger partial charge in [0.05, 0.1) is 16.1 Å². The van der Waals surface area contributed by atoms with Gasteiger partial charge in [0.2, 0.25) is 11.9 Å². The number of aryl methyl sites for hydroxylation is 1. The van der Waals surface area contributed by atoms with E-state index in [2.05, 4.69) is 30.9 Å². The van der Waals surface area contributed by atoms with Gasteiger partial charge in [-0.05, 0) is 60.9 Å². The van der Waals surface area contributed by atoms with Crippen LogP contribution in [-0.4, -0.2) is 42.1 Å². The van der Waals surface area contributed by atoms with Crippen molar-refractivity contribution in [3.05, 3.63) is 83.3 Å². The molecule has 4 heterocycles. The van der Waals surface area contributed by atoms with E-state index in [4.69, 9.17) is 0 Å². The Hall–Kier alpha value is -4.45. The van der Waals surface area contributed by atoms with Crippen molar-refractivity contribution in [3.63, 3.8) is 0 Å². The number of benzene rings is 2. The topological polar surface area (TPSA) is 126 Å². The molecule has 2 aromatic carbocycles. The highest BCUT2D eigenvalue weighted by molar-refractivity contribution is 7.90. The maximum atomic E-state index is 14.6. The van der Waals surface area contributed by atoms with Crippen molar-refractivity contribution in [2.24, 2.45) is 0 Å². The third-order valence-electron chi connectivity index (χ3n) is 6.00. The van der Waals surface area contributed by atoms with E-state index in [1.807, 2.05) is 0 Å². The number of amides is 1. The summed E-state index contributed by atoms with van der Waals surface area (Å²) in [5.41, 5.74) is 2.28. The fourth-order valence-corrected chi connectivity index (χ4v) is 4.93. The van der Waals surface area contributed by atoms with E-state index in [0.717, 1.165) is 6.26 Å². The maximum Gasteiger partial charge on any atom is 0.252 e. The standard InChI is InChI=1S/C26H22F2N6O3S/c1-14-12-31-26-33-21-10-17(13-30-23(21)28)15-3-5-19(22(11-15)38(2,36)37)25(35)29-8-7-16-9-18(4-6-20(16)27)32-24(14)34-26/h3-6,9-13H,7-8H2,1-2H3,(H,29,35)(H2,31,32,33,34). The Morgan fingerprint density at radius 2 is 1.76 bits per heavy atom. The number of rotatable bonds is 1. The lowest BCUT2D eigenvalue weighted by molar-refractivity contribution is 0.0950. The molecule has 0 unspecified atom stereocenters. The number of hydrogen-bond donors (Lipinski definition) is 3. The van der Waals surface area contributed by atoms with Crippen molar-refractivity contribution in [3.8, 4) is 11.1 Å². The highest BCUT2D eigenvalue weighted by atomic mass is 32.2. The van der Waals surface area contributed by atoms with Crippen molar-refractivity contribution < 1.29 is 22.0 Å². The van der Waals surface area contributed by atoms with Gasteiger partial charge in [0.15, 0.2) is 9.84 Å². The molecule has 6 rings (SSSR count). The van der Waals surface area contributed by atoms with Crippen LogP contribution in [0.25, 0.3) is 11.1 Å². The van der Waals surface area contributed by atoms with E-state index < -0.39 is 27.5 Å². The molecule has 38 heavy (non-hydrogen) atoms. The highest BCUT2D eigenvalue weighted by Crippen LogP contribution is 2.29. The molecule has 0 atom stereocenters. The average Bonchev–Trinajstić information content (AvgIpc) is 2.87. The van der Waals surface area contributed by atoms with E-state index in [9.17, 15) is 22.0 Å². The summed E-state index contributed by atoms with van der Waals surface area (Å²) in [6.45, 7) is 1.85. The molecule has 2 aromatic heterocycles. The quantitative estimate of drug-likeness (QED) is 0.308. The molecule has 0 radical (unpaired) electrons. The van der Waals surface area contributed by atoms with E-state index in [0.29, 0.717) is 33.8 Å². The van der Waals surface area contributed by atoms with Gasteiger partial charge in [-0.15, -0.1) is 0 Å². The highest BCUT2D eigenvalue weighted by Gasteiger charge is 2.21. The molecule has 8 bridgehead atoms. The molecular formula is C26H22F2N6O3S. The molecule has 1 amide bonds. The Balaban J connectivity index is 1.66. The normalized spacial score (nSPS) is 13.4. The number of carbonyl (C=O) groups excluding carboxylic acids is 1. The minimum absolute atomic E-state index is 0.0398. The van der Waals surface area contributed by atoms with Crippen molar-refractivity contribution >= 4 is 38.9 Å². The number of sulfone groups is 1. The second kappa shape index (κ2) is 9.78. The van der Waals surface area contributed by atoms with Crippen LogP contribution in [0.15, 0.2) is 59.8 Å². The maximum absolute atomic E-state index is 14.6. The van der Waals surface area contributed by atoms with Crippen molar-refractivity contribution in [1.82, 2.24) is 20.3 Å². The molecule has 12 heteroatoms. The summed E-state index contributed by atoms with van der Waals surface area (Å²) < 4.78 is 54.3. The van der Waals surface area contributed by atoms with E-state index in [-0.39, 0.29) is 35.1 Å². The minimum atomic E-state index is -3.82. The Labute approximate surface area is 217 Å². The van der Waals surface area contributed by atoms with Crippen molar-refractivity contribution in [1.29, 1.82) is 0 Å². The van der Waals surface area contributed by atoms with Crippen LogP contribution < -0.4 is 16.0 Å². The van der Waals surface area contributed by atoms with E-state index in [1.54, 1.807) is 31.3 Å². The lowest BCUT2D eigenvalue weighted by Crippen LogP contribution is -2.27. The van der Waals surface area contributed by atoms with Gasteiger partial charge in [-0.1, -0.05) is 6.07 Å². The predicted octanol–water partition coefficient (Wildman–Crippen LogP) is 4.30. The first-order valence-corrected chi connectivity index (χ1v) is 13.4. The number of nitrogens with zero attached hydrogens (tertiary/aromatic N) is 3. The van der Waals surface area contributed by atoms with Crippen LogP contribution in [-0.2, 0) is 16.3 Å². The summed E-state index contributed by atoms with van der Waals surface area (Å²) in [5, 5.41) is 8.60. The predicted molar refractivity (Wildman–Crippen MR) is 139 cm³/mol. The fraction of sp³-hybridized carbons (Fsp3) is 0.154. The Morgan fingerprint density at radius 1 is 0.947 bits per heavy atom. The molecule has 0 fully saturated rings. The second-order valence-electron chi connectivity index (χ2n) is 8.83. The Bertz CT molecular complexity index is 1690. The van der Waals surface area contributed by atoms with Gasteiger partial charge in [0.25, 0.3) is 5.91 Å².